The molecule has 1 aromatic carbocycles. The van der Waals surface area contributed by atoms with Crippen LogP contribution in [-0.2, 0) is 10.0 Å². The summed E-state index contributed by atoms with van der Waals surface area (Å²) in [5.74, 6) is -0.387. The van der Waals surface area contributed by atoms with Gasteiger partial charge in [0.1, 0.15) is 17.8 Å². The summed E-state index contributed by atoms with van der Waals surface area (Å²) in [6.45, 7) is 0. The molecule has 2 aromatic heterocycles. The predicted octanol–water partition coefficient (Wildman–Crippen LogP) is 1.11. The first kappa shape index (κ1) is 13.3. The van der Waals surface area contributed by atoms with Gasteiger partial charge in [-0.2, -0.15) is 8.42 Å². The lowest BCUT2D eigenvalue weighted by atomic mass is 10.4. The van der Waals surface area contributed by atoms with E-state index >= 15 is 0 Å². The zero-order valence-corrected chi connectivity index (χ0v) is 11.3. The highest BCUT2D eigenvalue weighted by Crippen LogP contribution is 2.15. The van der Waals surface area contributed by atoms with E-state index in [4.69, 9.17) is 0 Å². The molecule has 0 radical (unpaired) electrons. The summed E-state index contributed by atoms with van der Waals surface area (Å²) in [6.07, 6.45) is 5.41. The molecule has 0 saturated heterocycles. The molecule has 0 bridgehead atoms. The van der Waals surface area contributed by atoms with Crippen molar-refractivity contribution in [1.82, 2.24) is 24.1 Å². The Labute approximate surface area is 119 Å². The van der Waals surface area contributed by atoms with Gasteiger partial charge in [-0.1, -0.05) is 0 Å². The summed E-state index contributed by atoms with van der Waals surface area (Å²) in [5.41, 5.74) is 0.352. The molecule has 0 aliphatic carbocycles. The molecule has 3 rings (SSSR count). The second-order valence-electron chi connectivity index (χ2n) is 3.99. The van der Waals surface area contributed by atoms with Crippen LogP contribution in [0.2, 0.25) is 0 Å². The highest BCUT2D eigenvalue weighted by molar-refractivity contribution is 7.89. The Morgan fingerprint density at radius 3 is 2.48 bits per heavy atom. The number of hydrogen-bond donors (Lipinski definition) is 0. The number of rotatable bonds is 3. The lowest BCUT2D eigenvalue weighted by Gasteiger charge is -2.02. The summed E-state index contributed by atoms with van der Waals surface area (Å²) >= 11 is 0. The fourth-order valence-corrected chi connectivity index (χ4v) is 2.66. The van der Waals surface area contributed by atoms with Crippen LogP contribution in [0.5, 0.6) is 0 Å². The molecule has 0 unspecified atom stereocenters. The van der Waals surface area contributed by atoms with Gasteiger partial charge in [0.15, 0.2) is 0 Å². The number of aromatic nitrogens is 5. The zero-order chi connectivity index (χ0) is 14.9. The van der Waals surface area contributed by atoms with E-state index in [1.807, 2.05) is 0 Å². The molecule has 0 fully saturated rings. The molecule has 0 amide bonds. The van der Waals surface area contributed by atoms with Crippen molar-refractivity contribution in [2.24, 2.45) is 0 Å². The van der Waals surface area contributed by atoms with Crippen molar-refractivity contribution >= 4 is 10.0 Å². The molecule has 0 spiro atoms. The van der Waals surface area contributed by atoms with Crippen LogP contribution >= 0.6 is 0 Å². The summed E-state index contributed by atoms with van der Waals surface area (Å²) in [6, 6.07) is 4.45. The van der Waals surface area contributed by atoms with Gasteiger partial charge in [-0.3, -0.25) is 4.98 Å². The van der Waals surface area contributed by atoms with Gasteiger partial charge >= 0.3 is 0 Å². The molecule has 3 aromatic rings. The Bertz CT molecular complexity index is 862. The maximum Gasteiger partial charge on any atom is 0.284 e. The van der Waals surface area contributed by atoms with Crippen LogP contribution in [0.3, 0.4) is 0 Å². The monoisotopic (exact) mass is 305 g/mol. The normalized spacial score (nSPS) is 11.5. The largest absolute Gasteiger partial charge is 0.284 e. The van der Waals surface area contributed by atoms with Crippen molar-refractivity contribution in [1.29, 1.82) is 0 Å². The average molecular weight is 305 g/mol. The van der Waals surface area contributed by atoms with E-state index in [1.165, 1.54) is 18.6 Å². The summed E-state index contributed by atoms with van der Waals surface area (Å²) < 4.78 is 38.2. The quantitative estimate of drug-likeness (QED) is 0.720. The lowest BCUT2D eigenvalue weighted by molar-refractivity contribution is 0.579. The first-order valence-corrected chi connectivity index (χ1v) is 7.20. The third kappa shape index (κ3) is 2.50. The minimum atomic E-state index is -3.91. The highest BCUT2D eigenvalue weighted by atomic mass is 32.2. The Morgan fingerprint density at radius 2 is 1.81 bits per heavy atom. The molecule has 0 aliphatic heterocycles. The topological polar surface area (TPSA) is 90.6 Å². The predicted molar refractivity (Wildman–Crippen MR) is 70.0 cm³/mol. The summed E-state index contributed by atoms with van der Waals surface area (Å²) in [4.78, 5) is 11.6. The molecule has 2 heterocycles. The molecular weight excluding hydrogens is 297 g/mol. The number of nitrogens with zero attached hydrogens (tertiary/aromatic N) is 5. The van der Waals surface area contributed by atoms with Crippen LogP contribution < -0.4 is 0 Å². The van der Waals surface area contributed by atoms with Gasteiger partial charge in [-0.05, 0) is 24.3 Å². The van der Waals surface area contributed by atoms with Crippen LogP contribution in [-0.4, -0.2) is 32.6 Å². The van der Waals surface area contributed by atoms with Crippen LogP contribution in [0.15, 0.2) is 54.1 Å². The number of halogens is 1. The van der Waals surface area contributed by atoms with E-state index in [2.05, 4.69) is 20.1 Å². The van der Waals surface area contributed by atoms with Gasteiger partial charge in [0.2, 0.25) is 5.82 Å². The Hall–Kier alpha value is -2.68. The van der Waals surface area contributed by atoms with E-state index in [1.54, 1.807) is 0 Å². The van der Waals surface area contributed by atoms with Gasteiger partial charge in [0.05, 0.1) is 11.1 Å². The number of benzene rings is 1. The van der Waals surface area contributed by atoms with Crippen molar-refractivity contribution in [3.63, 3.8) is 0 Å². The smallest absolute Gasteiger partial charge is 0.261 e. The maximum atomic E-state index is 12.9. The minimum Gasteiger partial charge on any atom is -0.261 e. The molecule has 0 atom stereocenters. The lowest BCUT2D eigenvalue weighted by Crippen LogP contribution is -2.13. The second-order valence-corrected chi connectivity index (χ2v) is 5.79. The minimum absolute atomic E-state index is 0.0838. The average Bonchev–Trinajstić information content (AvgIpc) is 2.99. The van der Waals surface area contributed by atoms with Crippen LogP contribution in [0.4, 0.5) is 4.39 Å². The van der Waals surface area contributed by atoms with Crippen molar-refractivity contribution < 1.29 is 12.8 Å². The second kappa shape index (κ2) is 5.02. The van der Waals surface area contributed by atoms with Crippen LogP contribution in [0, 0.1) is 5.82 Å². The van der Waals surface area contributed by atoms with Gasteiger partial charge in [0.25, 0.3) is 10.0 Å². The highest BCUT2D eigenvalue weighted by Gasteiger charge is 2.19. The third-order valence-electron chi connectivity index (χ3n) is 2.62. The van der Waals surface area contributed by atoms with E-state index < -0.39 is 15.8 Å². The molecule has 0 saturated carbocycles. The third-order valence-corrected chi connectivity index (χ3v) is 4.16. The first-order valence-electron chi connectivity index (χ1n) is 5.76. The van der Waals surface area contributed by atoms with Gasteiger partial charge in [0, 0.05) is 12.4 Å². The van der Waals surface area contributed by atoms with E-state index in [-0.39, 0.29) is 10.7 Å². The summed E-state index contributed by atoms with van der Waals surface area (Å²) in [5, 5.41) is 3.87. The molecule has 0 N–H and O–H groups in total. The van der Waals surface area contributed by atoms with Gasteiger partial charge in [-0.15, -0.1) is 9.19 Å². The van der Waals surface area contributed by atoms with E-state index in [0.717, 1.165) is 30.6 Å². The van der Waals surface area contributed by atoms with Gasteiger partial charge < -0.3 is 0 Å². The summed E-state index contributed by atoms with van der Waals surface area (Å²) in [7, 11) is -3.91. The van der Waals surface area contributed by atoms with Crippen LogP contribution in [0.1, 0.15) is 0 Å². The standard InChI is InChI=1S/C12H8FN5O2S/c13-9-1-3-10(4-2-9)21(19,20)18-8-16-12(17-18)11-7-14-5-6-15-11/h1-8H. The van der Waals surface area contributed by atoms with Gasteiger partial charge in [-0.25, -0.2) is 14.4 Å². The molecule has 0 aliphatic rings. The van der Waals surface area contributed by atoms with Crippen molar-refractivity contribution in [3.05, 3.63) is 55.0 Å². The number of hydrogen-bond acceptors (Lipinski definition) is 6. The Morgan fingerprint density at radius 1 is 1.05 bits per heavy atom. The Balaban J connectivity index is 2.01. The fraction of sp³-hybridized carbons (Fsp3) is 0. The molecule has 9 heteroatoms. The molecule has 7 nitrogen and oxygen atoms in total. The first-order chi connectivity index (χ1) is 10.1. The maximum absolute atomic E-state index is 12.9. The molecule has 21 heavy (non-hydrogen) atoms. The van der Waals surface area contributed by atoms with E-state index in [0.29, 0.717) is 9.78 Å². The molecule has 106 valence electrons. The van der Waals surface area contributed by atoms with Crippen molar-refractivity contribution in [2.45, 2.75) is 4.90 Å². The zero-order valence-electron chi connectivity index (χ0n) is 10.5. The van der Waals surface area contributed by atoms with Crippen LogP contribution in [0.25, 0.3) is 11.5 Å². The fourth-order valence-electron chi connectivity index (χ4n) is 1.61. The van der Waals surface area contributed by atoms with Crippen molar-refractivity contribution in [3.8, 4) is 11.5 Å². The van der Waals surface area contributed by atoms with E-state index in [9.17, 15) is 12.8 Å². The van der Waals surface area contributed by atoms with Crippen molar-refractivity contribution in [2.75, 3.05) is 0 Å². The molecular formula is C12H8FN5O2S. The SMILES string of the molecule is O=S(=O)(c1ccc(F)cc1)n1cnc(-c2cnccn2)n1. The Kier molecular flexibility index (Phi) is 3.18.